The van der Waals surface area contributed by atoms with Gasteiger partial charge in [-0.15, -0.1) is 16.4 Å². The van der Waals surface area contributed by atoms with Gasteiger partial charge < -0.3 is 0 Å². The second-order valence-electron chi connectivity index (χ2n) is 10.4. The predicted octanol–water partition coefficient (Wildman–Crippen LogP) is 7.28. The molecule has 1 atom stereocenters. The summed E-state index contributed by atoms with van der Waals surface area (Å²) in [5.74, 6) is 0.823. The van der Waals surface area contributed by atoms with Gasteiger partial charge in [0.25, 0.3) is 0 Å². The summed E-state index contributed by atoms with van der Waals surface area (Å²) in [4.78, 5) is 9.75. The van der Waals surface area contributed by atoms with Crippen LogP contribution in [0.1, 0.15) is 55.0 Å². The summed E-state index contributed by atoms with van der Waals surface area (Å²) in [6.45, 7) is 8.42. The van der Waals surface area contributed by atoms with Crippen molar-refractivity contribution in [2.24, 2.45) is 4.99 Å². The average molecular weight is 622 g/mol. The third kappa shape index (κ3) is 7.10. The van der Waals surface area contributed by atoms with E-state index in [9.17, 15) is 13.2 Å². The average Bonchev–Trinajstić information content (AvgIpc) is 3.66. The lowest BCUT2D eigenvalue weighted by molar-refractivity contribution is -0.137. The van der Waals surface area contributed by atoms with E-state index in [0.717, 1.165) is 33.7 Å². The van der Waals surface area contributed by atoms with Crippen molar-refractivity contribution in [3.05, 3.63) is 112 Å². The fourth-order valence-electron chi connectivity index (χ4n) is 4.50. The number of aryl methyl sites for hydroxylation is 1. The predicted molar refractivity (Wildman–Crippen MR) is 167 cm³/mol. The molecule has 7 nitrogen and oxygen atoms in total. The van der Waals surface area contributed by atoms with Gasteiger partial charge in [0.05, 0.1) is 16.9 Å². The molecular formula is C31H30F3N7S2. The monoisotopic (exact) mass is 621 g/mol. The van der Waals surface area contributed by atoms with Crippen LogP contribution in [0.15, 0.2) is 89.6 Å². The van der Waals surface area contributed by atoms with Crippen LogP contribution in [-0.4, -0.2) is 24.4 Å². The SMILES string of the molecule is Cc1ccc(C(C)C)c(-n2ccs/c2=N\C(=S)NNC(C)c2ccc(-c3ncn(-c4ccc(C(F)(F)F)cc4)n3)cc2)c1. The molecule has 5 rings (SSSR count). The highest BCUT2D eigenvalue weighted by molar-refractivity contribution is 7.80. The van der Waals surface area contributed by atoms with Gasteiger partial charge in [0.1, 0.15) is 6.33 Å². The number of nitrogens with one attached hydrogen (secondary N) is 2. The Hall–Kier alpha value is -4.13. The minimum atomic E-state index is -4.39. The van der Waals surface area contributed by atoms with E-state index in [2.05, 4.69) is 69.5 Å². The summed E-state index contributed by atoms with van der Waals surface area (Å²) < 4.78 is 42.1. The molecule has 0 amide bonds. The van der Waals surface area contributed by atoms with Crippen molar-refractivity contribution in [1.82, 2.24) is 30.2 Å². The summed E-state index contributed by atoms with van der Waals surface area (Å²) in [6, 6.07) is 18.8. The number of thiocarbonyl (C=S) groups is 1. The zero-order chi connectivity index (χ0) is 30.7. The number of nitrogens with zero attached hydrogens (tertiary/aromatic N) is 5. The number of aromatic nitrogens is 4. The maximum atomic E-state index is 12.9. The summed E-state index contributed by atoms with van der Waals surface area (Å²) in [5, 5.41) is 6.74. The van der Waals surface area contributed by atoms with E-state index in [0.29, 0.717) is 22.5 Å². The quantitative estimate of drug-likeness (QED) is 0.148. The fourth-order valence-corrected chi connectivity index (χ4v) is 5.42. The second-order valence-corrected chi connectivity index (χ2v) is 11.6. The minimum absolute atomic E-state index is 0.0976. The number of rotatable bonds is 7. The molecule has 0 fully saturated rings. The molecule has 12 heteroatoms. The molecule has 0 saturated heterocycles. The van der Waals surface area contributed by atoms with Crippen LogP contribution in [0.25, 0.3) is 22.8 Å². The second kappa shape index (κ2) is 12.6. The number of benzene rings is 3. The van der Waals surface area contributed by atoms with Crippen molar-refractivity contribution >= 4 is 28.7 Å². The summed E-state index contributed by atoms with van der Waals surface area (Å²) in [5.41, 5.74) is 11.3. The molecule has 0 radical (unpaired) electrons. The van der Waals surface area contributed by atoms with Gasteiger partial charge in [-0.3, -0.25) is 9.99 Å². The first kappa shape index (κ1) is 30.3. The van der Waals surface area contributed by atoms with E-state index in [1.165, 1.54) is 45.6 Å². The standard InChI is InChI=1S/C31H30F3N7S2/c1-19(2)26-14-5-20(3)17-27(26)40-15-16-43-30(40)36-29(42)38-37-21(4)22-6-8-23(9-7-22)28-35-18-41(39-28)25-12-10-24(11-13-25)31(32,33)34/h5-19,21,37H,1-4H3,(H,38,42)/b36-30-. The lowest BCUT2D eigenvalue weighted by Gasteiger charge is -2.16. The Morgan fingerprint density at radius 3 is 2.40 bits per heavy atom. The molecule has 2 N–H and O–H groups in total. The minimum Gasteiger partial charge on any atom is -0.296 e. The normalized spacial score (nSPS) is 13.0. The van der Waals surface area contributed by atoms with E-state index >= 15 is 0 Å². The zero-order valence-electron chi connectivity index (χ0n) is 23.9. The Kier molecular flexibility index (Phi) is 8.90. The molecule has 0 aliphatic carbocycles. The van der Waals surface area contributed by atoms with Crippen molar-refractivity contribution < 1.29 is 13.2 Å². The van der Waals surface area contributed by atoms with Gasteiger partial charge in [0.2, 0.25) is 5.11 Å². The Morgan fingerprint density at radius 2 is 1.72 bits per heavy atom. The number of alkyl halides is 3. The molecule has 0 aliphatic rings. The Balaban J connectivity index is 1.23. The van der Waals surface area contributed by atoms with Crippen LogP contribution in [0.5, 0.6) is 0 Å². The van der Waals surface area contributed by atoms with Crippen LogP contribution in [0.4, 0.5) is 13.2 Å². The maximum absolute atomic E-state index is 12.9. The molecule has 5 aromatic rings. The Morgan fingerprint density at radius 1 is 1.00 bits per heavy atom. The first-order valence-corrected chi connectivity index (χ1v) is 14.9. The van der Waals surface area contributed by atoms with Gasteiger partial charge in [0.15, 0.2) is 10.6 Å². The smallest absolute Gasteiger partial charge is 0.296 e. The number of thiazole rings is 1. The van der Waals surface area contributed by atoms with Gasteiger partial charge in [-0.05, 0) is 79.0 Å². The summed E-state index contributed by atoms with van der Waals surface area (Å²) >= 11 is 7.03. The number of hydrogen-bond acceptors (Lipinski definition) is 5. The van der Waals surface area contributed by atoms with Crippen molar-refractivity contribution in [2.75, 3.05) is 0 Å². The molecule has 1 unspecified atom stereocenters. The van der Waals surface area contributed by atoms with Gasteiger partial charge in [0, 0.05) is 23.2 Å². The molecule has 0 aliphatic heterocycles. The van der Waals surface area contributed by atoms with Gasteiger partial charge >= 0.3 is 6.18 Å². The van der Waals surface area contributed by atoms with Crippen LogP contribution in [0.2, 0.25) is 0 Å². The van der Waals surface area contributed by atoms with E-state index < -0.39 is 11.7 Å². The molecule has 2 aromatic heterocycles. The van der Waals surface area contributed by atoms with Crippen LogP contribution in [-0.2, 0) is 6.18 Å². The largest absolute Gasteiger partial charge is 0.416 e. The number of hydrazine groups is 1. The fraction of sp³-hybridized carbons (Fsp3) is 0.226. The Bertz CT molecular complexity index is 1780. The van der Waals surface area contributed by atoms with Crippen LogP contribution in [0, 0.1) is 6.92 Å². The molecule has 0 saturated carbocycles. The van der Waals surface area contributed by atoms with Crippen LogP contribution >= 0.6 is 23.6 Å². The highest BCUT2D eigenvalue weighted by Gasteiger charge is 2.30. The Labute approximate surface area is 256 Å². The van der Waals surface area contributed by atoms with Crippen LogP contribution < -0.4 is 15.7 Å². The van der Waals surface area contributed by atoms with Crippen molar-refractivity contribution in [1.29, 1.82) is 0 Å². The summed E-state index contributed by atoms with van der Waals surface area (Å²) in [6.07, 6.45) is -0.906. The molecule has 43 heavy (non-hydrogen) atoms. The van der Waals surface area contributed by atoms with Crippen molar-refractivity contribution in [3.63, 3.8) is 0 Å². The molecule has 0 spiro atoms. The van der Waals surface area contributed by atoms with Crippen molar-refractivity contribution in [2.45, 2.75) is 45.8 Å². The first-order valence-electron chi connectivity index (χ1n) is 13.6. The van der Waals surface area contributed by atoms with E-state index in [-0.39, 0.29) is 6.04 Å². The van der Waals surface area contributed by atoms with Gasteiger partial charge in [-0.1, -0.05) is 50.2 Å². The first-order chi connectivity index (χ1) is 20.5. The van der Waals surface area contributed by atoms with Gasteiger partial charge in [-0.2, -0.15) is 18.2 Å². The molecule has 2 heterocycles. The van der Waals surface area contributed by atoms with Crippen LogP contribution in [0.3, 0.4) is 0 Å². The number of halogens is 3. The lowest BCUT2D eigenvalue weighted by atomic mass is 9.99. The summed E-state index contributed by atoms with van der Waals surface area (Å²) in [7, 11) is 0. The highest BCUT2D eigenvalue weighted by atomic mass is 32.1. The molecule has 222 valence electrons. The zero-order valence-corrected chi connectivity index (χ0v) is 25.6. The maximum Gasteiger partial charge on any atom is 0.416 e. The molecule has 3 aromatic carbocycles. The molecular weight excluding hydrogens is 592 g/mol. The lowest BCUT2D eigenvalue weighted by Crippen LogP contribution is -2.38. The third-order valence-electron chi connectivity index (χ3n) is 6.87. The number of hydrogen-bond donors (Lipinski definition) is 2. The topological polar surface area (TPSA) is 72.1 Å². The van der Waals surface area contributed by atoms with Crippen molar-refractivity contribution in [3.8, 4) is 22.8 Å². The van der Waals surface area contributed by atoms with Gasteiger partial charge in [-0.25, -0.2) is 15.1 Å². The molecule has 0 bridgehead atoms. The highest BCUT2D eigenvalue weighted by Crippen LogP contribution is 2.30. The van der Waals surface area contributed by atoms with E-state index in [1.807, 2.05) is 42.8 Å². The van der Waals surface area contributed by atoms with E-state index in [1.54, 1.807) is 0 Å². The van der Waals surface area contributed by atoms with E-state index in [4.69, 9.17) is 12.2 Å². The third-order valence-corrected chi connectivity index (χ3v) is 7.82.